The second kappa shape index (κ2) is 16.0. The molecule has 0 saturated heterocycles. The third-order valence-electron chi connectivity index (χ3n) is 4.01. The van der Waals surface area contributed by atoms with Crippen molar-refractivity contribution in [1.82, 2.24) is 0 Å². The Balaban J connectivity index is 3.02. The molecule has 0 aliphatic rings. The summed E-state index contributed by atoms with van der Waals surface area (Å²) in [7, 11) is 0. The van der Waals surface area contributed by atoms with E-state index in [0.717, 1.165) is 32.1 Å². The fourth-order valence-electron chi connectivity index (χ4n) is 2.61. The van der Waals surface area contributed by atoms with E-state index in [-0.39, 0.29) is 6.10 Å². The van der Waals surface area contributed by atoms with Crippen molar-refractivity contribution in [3.05, 3.63) is 0 Å². The Labute approximate surface area is 122 Å². The standard InChI is InChI=1S/C18H37O/c1-3-5-7-8-9-10-11-12-13-14-15-17-18(19)16-6-4-2/h18H,3-17H2,1-2H3. The van der Waals surface area contributed by atoms with Gasteiger partial charge >= 0.3 is 0 Å². The molecule has 1 nitrogen and oxygen atoms in total. The Morgan fingerprint density at radius 1 is 0.526 bits per heavy atom. The van der Waals surface area contributed by atoms with Crippen LogP contribution in [-0.4, -0.2) is 6.10 Å². The van der Waals surface area contributed by atoms with Crippen LogP contribution in [0.5, 0.6) is 0 Å². The van der Waals surface area contributed by atoms with Crippen molar-refractivity contribution < 1.29 is 5.11 Å². The zero-order chi connectivity index (χ0) is 14.2. The van der Waals surface area contributed by atoms with Gasteiger partial charge in [-0.2, -0.15) is 0 Å². The summed E-state index contributed by atoms with van der Waals surface area (Å²) in [5.74, 6) is 0. The summed E-state index contributed by atoms with van der Waals surface area (Å²) in [4.78, 5) is 0. The third-order valence-corrected chi connectivity index (χ3v) is 4.01. The Bertz CT molecular complexity index is 156. The van der Waals surface area contributed by atoms with Crippen molar-refractivity contribution in [3.8, 4) is 0 Å². The van der Waals surface area contributed by atoms with Gasteiger partial charge in [0.2, 0.25) is 0 Å². The van der Waals surface area contributed by atoms with Gasteiger partial charge in [-0.3, -0.25) is 0 Å². The smallest absolute Gasteiger partial charge is 0.0930 e. The quantitative estimate of drug-likeness (QED) is 0.296. The molecule has 0 aromatic carbocycles. The average Bonchev–Trinajstić information content (AvgIpc) is 2.42. The van der Waals surface area contributed by atoms with Crippen LogP contribution in [0.2, 0.25) is 0 Å². The first-order chi connectivity index (χ1) is 9.31. The largest absolute Gasteiger partial charge is 0.233 e. The predicted octanol–water partition coefficient (Wildman–Crippen LogP) is 6.68. The molecule has 19 heavy (non-hydrogen) atoms. The van der Waals surface area contributed by atoms with Crippen LogP contribution in [0.15, 0.2) is 0 Å². The van der Waals surface area contributed by atoms with E-state index in [0.29, 0.717) is 0 Å². The summed E-state index contributed by atoms with van der Waals surface area (Å²) in [5.41, 5.74) is 0. The summed E-state index contributed by atoms with van der Waals surface area (Å²) in [6.07, 6.45) is 18.9. The average molecular weight is 269 g/mol. The van der Waals surface area contributed by atoms with E-state index in [9.17, 15) is 5.11 Å². The molecule has 1 atom stereocenters. The SMILES string of the molecule is CCCCCCCCCCCCCC([O])CCCC. The maximum absolute atomic E-state index is 11.5. The van der Waals surface area contributed by atoms with E-state index in [1.54, 1.807) is 0 Å². The van der Waals surface area contributed by atoms with Gasteiger partial charge in [-0.25, -0.2) is 5.11 Å². The van der Waals surface area contributed by atoms with Gasteiger partial charge in [0, 0.05) is 0 Å². The number of hydrogen-bond donors (Lipinski definition) is 0. The normalized spacial score (nSPS) is 12.8. The minimum absolute atomic E-state index is 0.279. The maximum Gasteiger partial charge on any atom is 0.0930 e. The number of unbranched alkanes of at least 4 members (excludes halogenated alkanes) is 11. The summed E-state index contributed by atoms with van der Waals surface area (Å²) in [6.45, 7) is 4.43. The summed E-state index contributed by atoms with van der Waals surface area (Å²) in [6, 6.07) is 0. The predicted molar refractivity (Wildman–Crippen MR) is 85.1 cm³/mol. The highest BCUT2D eigenvalue weighted by atomic mass is 16.3. The van der Waals surface area contributed by atoms with Gasteiger partial charge in [0.1, 0.15) is 0 Å². The third kappa shape index (κ3) is 15.9. The van der Waals surface area contributed by atoms with Crippen LogP contribution in [-0.2, 0) is 5.11 Å². The van der Waals surface area contributed by atoms with Crippen molar-refractivity contribution in [2.24, 2.45) is 0 Å². The van der Waals surface area contributed by atoms with Crippen molar-refractivity contribution in [2.75, 3.05) is 0 Å². The molecule has 0 amide bonds. The Morgan fingerprint density at radius 2 is 0.895 bits per heavy atom. The van der Waals surface area contributed by atoms with Gasteiger partial charge < -0.3 is 0 Å². The van der Waals surface area contributed by atoms with Gasteiger partial charge in [-0.1, -0.05) is 97.3 Å². The Kier molecular flexibility index (Phi) is 16.0. The van der Waals surface area contributed by atoms with Crippen molar-refractivity contribution in [2.45, 2.75) is 116 Å². The minimum Gasteiger partial charge on any atom is -0.233 e. The maximum atomic E-state index is 11.5. The monoisotopic (exact) mass is 269 g/mol. The molecule has 0 rings (SSSR count). The Morgan fingerprint density at radius 3 is 1.37 bits per heavy atom. The molecule has 0 aliphatic heterocycles. The molecule has 0 aromatic heterocycles. The van der Waals surface area contributed by atoms with Crippen LogP contribution < -0.4 is 0 Å². The van der Waals surface area contributed by atoms with Crippen molar-refractivity contribution in [1.29, 1.82) is 0 Å². The molecule has 1 radical (unpaired) electrons. The first-order valence-corrected chi connectivity index (χ1v) is 8.97. The van der Waals surface area contributed by atoms with E-state index in [1.807, 2.05) is 0 Å². The fraction of sp³-hybridized carbons (Fsp3) is 1.00. The molecule has 0 fully saturated rings. The topological polar surface area (TPSA) is 19.9 Å². The molecule has 0 aliphatic carbocycles. The molecule has 115 valence electrons. The zero-order valence-electron chi connectivity index (χ0n) is 13.6. The summed E-state index contributed by atoms with van der Waals surface area (Å²) in [5, 5.41) is 11.5. The lowest BCUT2D eigenvalue weighted by Crippen LogP contribution is -2.03. The van der Waals surface area contributed by atoms with E-state index in [2.05, 4.69) is 13.8 Å². The molecule has 0 saturated carbocycles. The minimum atomic E-state index is -0.279. The highest BCUT2D eigenvalue weighted by molar-refractivity contribution is 4.56. The molecule has 0 spiro atoms. The van der Waals surface area contributed by atoms with E-state index in [4.69, 9.17) is 0 Å². The van der Waals surface area contributed by atoms with Crippen LogP contribution in [0.25, 0.3) is 0 Å². The highest BCUT2D eigenvalue weighted by Crippen LogP contribution is 2.14. The first-order valence-electron chi connectivity index (χ1n) is 8.97. The lowest BCUT2D eigenvalue weighted by atomic mass is 10.0. The van der Waals surface area contributed by atoms with Gasteiger partial charge in [0.15, 0.2) is 0 Å². The van der Waals surface area contributed by atoms with Crippen LogP contribution in [0.4, 0.5) is 0 Å². The number of hydrogen-bond acceptors (Lipinski definition) is 0. The lowest BCUT2D eigenvalue weighted by Gasteiger charge is -2.07. The van der Waals surface area contributed by atoms with E-state index < -0.39 is 0 Å². The van der Waals surface area contributed by atoms with Gasteiger partial charge in [0.25, 0.3) is 0 Å². The van der Waals surface area contributed by atoms with Crippen molar-refractivity contribution >= 4 is 0 Å². The molecule has 1 heteroatoms. The summed E-state index contributed by atoms with van der Waals surface area (Å²) >= 11 is 0. The van der Waals surface area contributed by atoms with Crippen LogP contribution >= 0.6 is 0 Å². The molecule has 0 N–H and O–H groups in total. The van der Waals surface area contributed by atoms with Gasteiger partial charge in [0.05, 0.1) is 6.10 Å². The fourth-order valence-corrected chi connectivity index (χ4v) is 2.61. The van der Waals surface area contributed by atoms with Gasteiger partial charge in [-0.15, -0.1) is 0 Å². The molecular weight excluding hydrogens is 232 g/mol. The molecule has 1 unspecified atom stereocenters. The van der Waals surface area contributed by atoms with Crippen LogP contribution in [0.3, 0.4) is 0 Å². The first kappa shape index (κ1) is 19.0. The highest BCUT2D eigenvalue weighted by Gasteiger charge is 2.04. The second-order valence-corrected chi connectivity index (χ2v) is 6.09. The second-order valence-electron chi connectivity index (χ2n) is 6.09. The van der Waals surface area contributed by atoms with Gasteiger partial charge in [-0.05, 0) is 12.8 Å². The lowest BCUT2D eigenvalue weighted by molar-refractivity contribution is 0.0693. The Hall–Kier alpha value is -0.0400. The van der Waals surface area contributed by atoms with Crippen molar-refractivity contribution in [3.63, 3.8) is 0 Å². The molecule has 0 aromatic rings. The zero-order valence-corrected chi connectivity index (χ0v) is 13.6. The van der Waals surface area contributed by atoms with Crippen LogP contribution in [0, 0.1) is 0 Å². The molecule has 0 bridgehead atoms. The number of rotatable bonds is 15. The molecular formula is C18H37O. The summed E-state index contributed by atoms with van der Waals surface area (Å²) < 4.78 is 0. The van der Waals surface area contributed by atoms with E-state index in [1.165, 1.54) is 64.2 Å². The van der Waals surface area contributed by atoms with Crippen LogP contribution in [0.1, 0.15) is 110 Å². The molecule has 0 heterocycles. The van der Waals surface area contributed by atoms with E-state index >= 15 is 0 Å².